The molecule has 0 spiro atoms. The first-order valence-corrected chi connectivity index (χ1v) is 7.15. The summed E-state index contributed by atoms with van der Waals surface area (Å²) >= 11 is 0. The number of benzene rings is 1. The van der Waals surface area contributed by atoms with Crippen molar-refractivity contribution in [3.8, 4) is 0 Å². The second kappa shape index (κ2) is 7.47. The maximum Gasteiger partial charge on any atom is 0.222 e. The molecule has 0 radical (unpaired) electrons. The molecule has 0 aromatic heterocycles. The zero-order chi connectivity index (χ0) is 15.2. The molecule has 0 bridgehead atoms. The van der Waals surface area contributed by atoms with Crippen LogP contribution in [-0.2, 0) is 11.2 Å². The van der Waals surface area contributed by atoms with E-state index < -0.39 is 11.6 Å². The van der Waals surface area contributed by atoms with Crippen molar-refractivity contribution >= 4 is 5.91 Å². The molecular weight excluding hydrogens is 278 g/mol. The van der Waals surface area contributed by atoms with Crippen LogP contribution in [0.3, 0.4) is 0 Å². The summed E-state index contributed by atoms with van der Waals surface area (Å²) in [5, 5.41) is 8.86. The Hall–Kier alpha value is -1.53. The highest BCUT2D eigenvalue weighted by Crippen LogP contribution is 2.13. The van der Waals surface area contributed by atoms with Crippen LogP contribution < -0.4 is 0 Å². The summed E-state index contributed by atoms with van der Waals surface area (Å²) in [6.07, 6.45) is 0.504. The maximum absolute atomic E-state index is 13.5. The fraction of sp³-hybridized carbons (Fsp3) is 0.533. The van der Waals surface area contributed by atoms with Crippen molar-refractivity contribution in [1.29, 1.82) is 0 Å². The van der Waals surface area contributed by atoms with E-state index in [0.29, 0.717) is 25.2 Å². The van der Waals surface area contributed by atoms with Gasteiger partial charge in [0.15, 0.2) is 0 Å². The van der Waals surface area contributed by atoms with Crippen molar-refractivity contribution in [2.24, 2.45) is 0 Å². The van der Waals surface area contributed by atoms with Gasteiger partial charge in [0.25, 0.3) is 0 Å². The standard InChI is InChI=1S/C15H20F2N2O2/c16-13-3-1-12(14(17)11-13)2-4-15(21)19-7-5-18(6-8-19)9-10-20/h1,3,11,20H,2,4-10H2. The molecule has 1 fully saturated rings. The topological polar surface area (TPSA) is 43.8 Å². The van der Waals surface area contributed by atoms with Crippen molar-refractivity contribution in [3.63, 3.8) is 0 Å². The van der Waals surface area contributed by atoms with Crippen LogP contribution in [0.4, 0.5) is 8.78 Å². The van der Waals surface area contributed by atoms with E-state index in [2.05, 4.69) is 4.90 Å². The Bertz CT molecular complexity index is 489. The number of rotatable bonds is 5. The van der Waals surface area contributed by atoms with Gasteiger partial charge >= 0.3 is 0 Å². The van der Waals surface area contributed by atoms with Crippen LogP contribution in [0.25, 0.3) is 0 Å². The fourth-order valence-corrected chi connectivity index (χ4v) is 2.49. The number of nitrogens with zero attached hydrogens (tertiary/aromatic N) is 2. The molecule has 4 nitrogen and oxygen atoms in total. The van der Waals surface area contributed by atoms with Gasteiger partial charge in [0.05, 0.1) is 6.61 Å². The van der Waals surface area contributed by atoms with Crippen molar-refractivity contribution in [2.75, 3.05) is 39.3 Å². The van der Waals surface area contributed by atoms with Crippen LogP contribution in [-0.4, -0.2) is 60.1 Å². The molecule has 1 aromatic carbocycles. The third-order valence-electron chi connectivity index (χ3n) is 3.76. The van der Waals surface area contributed by atoms with Gasteiger partial charge in [-0.05, 0) is 18.1 Å². The third kappa shape index (κ3) is 4.47. The maximum atomic E-state index is 13.5. The van der Waals surface area contributed by atoms with Gasteiger partial charge in [0, 0.05) is 45.2 Å². The third-order valence-corrected chi connectivity index (χ3v) is 3.76. The lowest BCUT2D eigenvalue weighted by Crippen LogP contribution is -2.49. The normalized spacial score (nSPS) is 16.2. The van der Waals surface area contributed by atoms with E-state index >= 15 is 0 Å². The number of carbonyl (C=O) groups is 1. The van der Waals surface area contributed by atoms with Gasteiger partial charge in [-0.3, -0.25) is 9.69 Å². The van der Waals surface area contributed by atoms with E-state index in [0.717, 1.165) is 19.2 Å². The van der Waals surface area contributed by atoms with Crippen molar-refractivity contribution in [1.82, 2.24) is 9.80 Å². The number of amides is 1. The van der Waals surface area contributed by atoms with Crippen molar-refractivity contribution in [3.05, 3.63) is 35.4 Å². The van der Waals surface area contributed by atoms with E-state index in [1.165, 1.54) is 12.1 Å². The number of β-amino-alcohol motifs (C(OH)–C–C–N with tert-alkyl or cyclic N) is 1. The quantitative estimate of drug-likeness (QED) is 0.883. The average Bonchev–Trinajstić information content (AvgIpc) is 2.47. The van der Waals surface area contributed by atoms with E-state index in [4.69, 9.17) is 5.11 Å². The lowest BCUT2D eigenvalue weighted by atomic mass is 10.1. The summed E-state index contributed by atoms with van der Waals surface area (Å²) in [5.74, 6) is -1.22. The van der Waals surface area contributed by atoms with Crippen LogP contribution >= 0.6 is 0 Å². The molecule has 116 valence electrons. The van der Waals surface area contributed by atoms with Crippen LogP contribution in [0.5, 0.6) is 0 Å². The van der Waals surface area contributed by atoms with Gasteiger partial charge in [-0.15, -0.1) is 0 Å². The number of aliphatic hydroxyl groups excluding tert-OH is 1. The van der Waals surface area contributed by atoms with Crippen molar-refractivity contribution < 1.29 is 18.7 Å². The Kier molecular flexibility index (Phi) is 5.64. The van der Waals surface area contributed by atoms with Gasteiger partial charge in [-0.1, -0.05) is 6.07 Å². The van der Waals surface area contributed by atoms with Crippen LogP contribution in [0.2, 0.25) is 0 Å². The first-order chi connectivity index (χ1) is 10.1. The summed E-state index contributed by atoms with van der Waals surface area (Å²) in [7, 11) is 0. The summed E-state index contributed by atoms with van der Waals surface area (Å²) in [6.45, 7) is 3.50. The minimum absolute atomic E-state index is 0.0117. The molecule has 2 rings (SSSR count). The first kappa shape index (κ1) is 15.9. The lowest BCUT2D eigenvalue weighted by molar-refractivity contribution is -0.132. The Morgan fingerprint density at radius 1 is 1.19 bits per heavy atom. The predicted octanol–water partition coefficient (Wildman–Crippen LogP) is 1.03. The number of carbonyl (C=O) groups excluding carboxylic acids is 1. The molecule has 1 aromatic rings. The van der Waals surface area contributed by atoms with Gasteiger partial charge in [-0.2, -0.15) is 0 Å². The largest absolute Gasteiger partial charge is 0.395 e. The van der Waals surface area contributed by atoms with E-state index in [1.807, 2.05) is 0 Å². The molecule has 1 N–H and O–H groups in total. The first-order valence-electron chi connectivity index (χ1n) is 7.15. The highest BCUT2D eigenvalue weighted by atomic mass is 19.1. The lowest BCUT2D eigenvalue weighted by Gasteiger charge is -2.34. The molecule has 1 saturated heterocycles. The second-order valence-corrected chi connectivity index (χ2v) is 5.18. The number of hydrogen-bond acceptors (Lipinski definition) is 3. The summed E-state index contributed by atoms with van der Waals surface area (Å²) < 4.78 is 26.3. The minimum atomic E-state index is -0.609. The summed E-state index contributed by atoms with van der Waals surface area (Å²) in [5.41, 5.74) is 0.365. The van der Waals surface area contributed by atoms with Crippen molar-refractivity contribution in [2.45, 2.75) is 12.8 Å². The molecule has 1 heterocycles. The smallest absolute Gasteiger partial charge is 0.222 e. The Morgan fingerprint density at radius 3 is 2.52 bits per heavy atom. The van der Waals surface area contributed by atoms with Gasteiger partial charge in [0.2, 0.25) is 5.91 Å². The summed E-state index contributed by atoms with van der Waals surface area (Å²) in [4.78, 5) is 15.9. The monoisotopic (exact) mass is 298 g/mol. The highest BCUT2D eigenvalue weighted by molar-refractivity contribution is 5.76. The van der Waals surface area contributed by atoms with Gasteiger partial charge in [-0.25, -0.2) is 8.78 Å². The molecule has 6 heteroatoms. The molecule has 0 saturated carbocycles. The van der Waals surface area contributed by atoms with E-state index in [1.54, 1.807) is 4.90 Å². The number of aliphatic hydroxyl groups is 1. The van der Waals surface area contributed by atoms with Gasteiger partial charge < -0.3 is 10.0 Å². The molecule has 0 atom stereocenters. The van der Waals surface area contributed by atoms with Crippen LogP contribution in [0, 0.1) is 11.6 Å². The van der Waals surface area contributed by atoms with E-state index in [9.17, 15) is 13.6 Å². The SMILES string of the molecule is O=C(CCc1ccc(F)cc1F)N1CCN(CCO)CC1. The molecule has 1 amide bonds. The average molecular weight is 298 g/mol. The molecule has 1 aliphatic heterocycles. The second-order valence-electron chi connectivity index (χ2n) is 5.18. The number of halogens is 2. The number of hydrogen-bond donors (Lipinski definition) is 1. The summed E-state index contributed by atoms with van der Waals surface area (Å²) in [6, 6.07) is 3.43. The van der Waals surface area contributed by atoms with Crippen LogP contribution in [0.1, 0.15) is 12.0 Å². The number of aryl methyl sites for hydroxylation is 1. The number of piperazine rings is 1. The molecule has 1 aliphatic rings. The molecular formula is C15H20F2N2O2. The zero-order valence-electron chi connectivity index (χ0n) is 11.9. The Morgan fingerprint density at radius 2 is 1.90 bits per heavy atom. The van der Waals surface area contributed by atoms with Gasteiger partial charge in [0.1, 0.15) is 11.6 Å². The highest BCUT2D eigenvalue weighted by Gasteiger charge is 2.20. The minimum Gasteiger partial charge on any atom is -0.395 e. The Balaban J connectivity index is 1.80. The van der Waals surface area contributed by atoms with E-state index in [-0.39, 0.29) is 25.4 Å². The molecule has 21 heavy (non-hydrogen) atoms. The zero-order valence-corrected chi connectivity index (χ0v) is 11.9. The Labute approximate surface area is 123 Å². The van der Waals surface area contributed by atoms with Crippen LogP contribution in [0.15, 0.2) is 18.2 Å². The fourth-order valence-electron chi connectivity index (χ4n) is 2.49. The predicted molar refractivity (Wildman–Crippen MR) is 74.8 cm³/mol. The molecule has 0 unspecified atom stereocenters. The molecule has 0 aliphatic carbocycles.